The number of nitrogens with zero attached hydrogens (tertiary/aromatic N) is 2. The van der Waals surface area contributed by atoms with Crippen LogP contribution in [0.3, 0.4) is 0 Å². The van der Waals surface area contributed by atoms with Crippen LogP contribution in [0.1, 0.15) is 19.8 Å². The van der Waals surface area contributed by atoms with Crippen molar-refractivity contribution in [1.82, 2.24) is 9.80 Å². The maximum atomic E-state index is 9.27. The fourth-order valence-corrected chi connectivity index (χ4v) is 1.68. The van der Waals surface area contributed by atoms with E-state index in [2.05, 4.69) is 30.8 Å². The van der Waals surface area contributed by atoms with E-state index < -0.39 is 0 Å². The van der Waals surface area contributed by atoms with E-state index in [4.69, 9.17) is 5.73 Å². The van der Waals surface area contributed by atoms with Crippen molar-refractivity contribution in [3.05, 3.63) is 0 Å². The Bertz CT molecular complexity index is 153. The predicted octanol–water partition coefficient (Wildman–Crippen LogP) is -0.0319. The summed E-state index contributed by atoms with van der Waals surface area (Å²) in [6.07, 6.45) is 2.01. The Morgan fingerprint density at radius 1 is 1.20 bits per heavy atom. The molecule has 0 aliphatic rings. The first-order valence-corrected chi connectivity index (χ1v) is 5.74. The highest BCUT2D eigenvalue weighted by atomic mass is 16.3. The molecule has 4 nitrogen and oxygen atoms in total. The number of rotatable bonds is 8. The standard InChI is InChI=1S/C11H27N3O/c1-5-10(12)11(9-15)14(4)8-6-7-13(2)3/h10-11,15H,5-9,12H2,1-4H3. The van der Waals surface area contributed by atoms with Crippen LogP contribution in [0.4, 0.5) is 0 Å². The highest BCUT2D eigenvalue weighted by Crippen LogP contribution is 2.04. The molecule has 0 saturated heterocycles. The first kappa shape index (κ1) is 14.8. The number of aliphatic hydroxyl groups is 1. The summed E-state index contributed by atoms with van der Waals surface area (Å²) in [5.41, 5.74) is 5.95. The van der Waals surface area contributed by atoms with Crippen LogP contribution < -0.4 is 5.73 Å². The lowest BCUT2D eigenvalue weighted by molar-refractivity contribution is 0.122. The van der Waals surface area contributed by atoms with Crippen LogP contribution in [-0.2, 0) is 0 Å². The van der Waals surface area contributed by atoms with Crippen molar-refractivity contribution in [2.75, 3.05) is 40.8 Å². The number of likely N-dealkylation sites (N-methyl/N-ethyl adjacent to an activating group) is 1. The van der Waals surface area contributed by atoms with E-state index >= 15 is 0 Å². The monoisotopic (exact) mass is 217 g/mol. The average molecular weight is 217 g/mol. The Morgan fingerprint density at radius 3 is 2.20 bits per heavy atom. The molecule has 0 aliphatic carbocycles. The van der Waals surface area contributed by atoms with Crippen molar-refractivity contribution in [2.24, 2.45) is 5.73 Å². The second-order valence-electron chi connectivity index (χ2n) is 4.46. The van der Waals surface area contributed by atoms with Gasteiger partial charge in [0.25, 0.3) is 0 Å². The van der Waals surface area contributed by atoms with Crippen molar-refractivity contribution >= 4 is 0 Å². The molecular formula is C11H27N3O. The van der Waals surface area contributed by atoms with E-state index in [0.29, 0.717) is 0 Å². The second-order valence-corrected chi connectivity index (χ2v) is 4.46. The van der Waals surface area contributed by atoms with Gasteiger partial charge in [-0.2, -0.15) is 0 Å². The van der Waals surface area contributed by atoms with Crippen LogP contribution in [0.25, 0.3) is 0 Å². The van der Waals surface area contributed by atoms with Crippen LogP contribution in [0.2, 0.25) is 0 Å². The van der Waals surface area contributed by atoms with E-state index in [-0.39, 0.29) is 18.7 Å². The summed E-state index contributed by atoms with van der Waals surface area (Å²) in [6, 6.07) is 0.163. The summed E-state index contributed by atoms with van der Waals surface area (Å²) in [6.45, 7) is 4.26. The normalized spacial score (nSPS) is 16.0. The van der Waals surface area contributed by atoms with E-state index in [9.17, 15) is 5.11 Å². The Kier molecular flexibility index (Phi) is 7.96. The first-order chi connectivity index (χ1) is 7.02. The Hall–Kier alpha value is -0.160. The minimum Gasteiger partial charge on any atom is -0.395 e. The van der Waals surface area contributed by atoms with Crippen molar-refractivity contribution in [1.29, 1.82) is 0 Å². The zero-order valence-corrected chi connectivity index (χ0v) is 10.6. The lowest BCUT2D eigenvalue weighted by atomic mass is 10.1. The molecule has 0 rings (SSSR count). The number of aliphatic hydroxyl groups excluding tert-OH is 1. The summed E-state index contributed by atoms with van der Waals surface area (Å²) in [5.74, 6) is 0. The van der Waals surface area contributed by atoms with Gasteiger partial charge in [0.15, 0.2) is 0 Å². The number of nitrogens with two attached hydrogens (primary N) is 1. The molecule has 0 bridgehead atoms. The summed E-state index contributed by atoms with van der Waals surface area (Å²) >= 11 is 0. The Balaban J connectivity index is 3.88. The molecule has 15 heavy (non-hydrogen) atoms. The van der Waals surface area contributed by atoms with Gasteiger partial charge < -0.3 is 15.7 Å². The van der Waals surface area contributed by atoms with Gasteiger partial charge in [0.1, 0.15) is 0 Å². The first-order valence-electron chi connectivity index (χ1n) is 5.74. The molecular weight excluding hydrogens is 190 g/mol. The molecule has 0 aromatic carbocycles. The molecule has 0 heterocycles. The fraction of sp³-hybridized carbons (Fsp3) is 1.00. The maximum Gasteiger partial charge on any atom is 0.0601 e. The SMILES string of the molecule is CCC(N)C(CO)N(C)CCCN(C)C. The fourth-order valence-electron chi connectivity index (χ4n) is 1.68. The van der Waals surface area contributed by atoms with Gasteiger partial charge in [0.2, 0.25) is 0 Å². The molecule has 0 amide bonds. The zero-order chi connectivity index (χ0) is 11.8. The minimum absolute atomic E-state index is 0.0688. The molecule has 92 valence electrons. The number of hydrogen-bond acceptors (Lipinski definition) is 4. The third kappa shape index (κ3) is 6.10. The summed E-state index contributed by atoms with van der Waals surface area (Å²) < 4.78 is 0. The lowest BCUT2D eigenvalue weighted by Crippen LogP contribution is -2.48. The topological polar surface area (TPSA) is 52.7 Å². The molecule has 0 radical (unpaired) electrons. The third-order valence-corrected chi connectivity index (χ3v) is 2.83. The Morgan fingerprint density at radius 2 is 1.80 bits per heavy atom. The van der Waals surface area contributed by atoms with Gasteiger partial charge in [-0.25, -0.2) is 0 Å². The predicted molar refractivity (Wildman–Crippen MR) is 64.9 cm³/mol. The molecule has 2 atom stereocenters. The molecule has 0 aromatic rings. The molecule has 0 aromatic heterocycles. The highest BCUT2D eigenvalue weighted by molar-refractivity contribution is 4.78. The van der Waals surface area contributed by atoms with Crippen LogP contribution in [0.15, 0.2) is 0 Å². The molecule has 2 unspecified atom stereocenters. The average Bonchev–Trinajstić information content (AvgIpc) is 2.18. The van der Waals surface area contributed by atoms with Crippen molar-refractivity contribution in [3.8, 4) is 0 Å². The van der Waals surface area contributed by atoms with Gasteiger partial charge in [-0.1, -0.05) is 6.92 Å². The molecule has 4 heteroatoms. The second kappa shape index (κ2) is 8.05. The van der Waals surface area contributed by atoms with E-state index in [1.807, 2.05) is 7.05 Å². The third-order valence-electron chi connectivity index (χ3n) is 2.83. The van der Waals surface area contributed by atoms with E-state index in [1.54, 1.807) is 0 Å². The zero-order valence-electron chi connectivity index (χ0n) is 10.6. The molecule has 3 N–H and O–H groups in total. The summed E-state index contributed by atoms with van der Waals surface area (Å²) in [4.78, 5) is 4.33. The van der Waals surface area contributed by atoms with Crippen LogP contribution in [0, 0.1) is 0 Å². The molecule has 0 spiro atoms. The summed E-state index contributed by atoms with van der Waals surface area (Å²) in [7, 11) is 6.18. The largest absolute Gasteiger partial charge is 0.395 e. The molecule has 0 aliphatic heterocycles. The van der Waals surface area contributed by atoms with Gasteiger partial charge in [-0.3, -0.25) is 4.90 Å². The van der Waals surface area contributed by atoms with Gasteiger partial charge in [0.05, 0.1) is 6.61 Å². The van der Waals surface area contributed by atoms with Crippen LogP contribution in [0.5, 0.6) is 0 Å². The highest BCUT2D eigenvalue weighted by Gasteiger charge is 2.19. The quantitative estimate of drug-likeness (QED) is 0.599. The van der Waals surface area contributed by atoms with Crippen LogP contribution >= 0.6 is 0 Å². The smallest absolute Gasteiger partial charge is 0.0601 e. The van der Waals surface area contributed by atoms with Crippen molar-refractivity contribution in [2.45, 2.75) is 31.8 Å². The summed E-state index contributed by atoms with van der Waals surface area (Å²) in [5, 5.41) is 9.27. The maximum absolute atomic E-state index is 9.27. The van der Waals surface area contributed by atoms with Gasteiger partial charge in [0, 0.05) is 12.1 Å². The van der Waals surface area contributed by atoms with E-state index in [0.717, 1.165) is 25.9 Å². The van der Waals surface area contributed by atoms with Crippen LogP contribution in [-0.4, -0.2) is 67.8 Å². The Labute approximate surface area is 94.0 Å². The van der Waals surface area contributed by atoms with Crippen molar-refractivity contribution in [3.63, 3.8) is 0 Å². The van der Waals surface area contributed by atoms with Crippen molar-refractivity contribution < 1.29 is 5.11 Å². The molecule has 0 saturated carbocycles. The van der Waals surface area contributed by atoms with E-state index in [1.165, 1.54) is 0 Å². The van der Waals surface area contributed by atoms with Gasteiger partial charge in [-0.05, 0) is 47.1 Å². The van der Waals surface area contributed by atoms with Gasteiger partial charge >= 0.3 is 0 Å². The number of hydrogen-bond donors (Lipinski definition) is 2. The lowest BCUT2D eigenvalue weighted by Gasteiger charge is -2.31. The minimum atomic E-state index is 0.0688. The van der Waals surface area contributed by atoms with Gasteiger partial charge in [-0.15, -0.1) is 0 Å². The molecule has 0 fully saturated rings.